The lowest BCUT2D eigenvalue weighted by Gasteiger charge is -2.29. The second-order valence-electron chi connectivity index (χ2n) is 8.95. The Bertz CT molecular complexity index is 1300. The van der Waals surface area contributed by atoms with Gasteiger partial charge in [0.05, 0.1) is 14.2 Å². The Balaban J connectivity index is 1.17. The number of nitrogens with one attached hydrogen (secondary N) is 2. The average Bonchev–Trinajstić information content (AvgIpc) is 3.38. The van der Waals surface area contributed by atoms with Gasteiger partial charge < -0.3 is 24.7 Å². The van der Waals surface area contributed by atoms with Gasteiger partial charge in [0.1, 0.15) is 11.9 Å². The number of benzene rings is 2. The Morgan fingerprint density at radius 3 is 2.64 bits per heavy atom. The minimum Gasteiger partial charge on any atom is -0.493 e. The predicted molar refractivity (Wildman–Crippen MR) is 129 cm³/mol. The maximum absolute atomic E-state index is 13.6. The highest BCUT2D eigenvalue weighted by Gasteiger charge is 2.47. The van der Waals surface area contributed by atoms with Gasteiger partial charge in [0, 0.05) is 49.6 Å². The van der Waals surface area contributed by atoms with Crippen molar-refractivity contribution in [1.29, 1.82) is 0 Å². The lowest BCUT2D eigenvalue weighted by Crippen LogP contribution is -2.40. The zero-order valence-electron chi connectivity index (χ0n) is 20.1. The second kappa shape index (κ2) is 9.52. The van der Waals surface area contributed by atoms with Crippen LogP contribution in [0.15, 0.2) is 36.5 Å². The van der Waals surface area contributed by atoms with Gasteiger partial charge in [-0.1, -0.05) is 0 Å². The van der Waals surface area contributed by atoms with E-state index >= 15 is 0 Å². The van der Waals surface area contributed by atoms with Crippen molar-refractivity contribution >= 4 is 28.7 Å². The summed E-state index contributed by atoms with van der Waals surface area (Å²) in [6.07, 6.45) is 2.72. The van der Waals surface area contributed by atoms with Crippen LogP contribution in [0.5, 0.6) is 11.5 Å². The lowest BCUT2D eigenvalue weighted by atomic mass is 9.94. The van der Waals surface area contributed by atoms with E-state index < -0.39 is 6.04 Å². The van der Waals surface area contributed by atoms with E-state index in [9.17, 15) is 18.8 Å². The molecule has 9 nitrogen and oxygen atoms in total. The topological polar surface area (TPSA) is 104 Å². The number of aromatic nitrogens is 1. The number of hydrogen-bond acceptors (Lipinski definition) is 5. The number of rotatable bonds is 8. The Hall–Kier alpha value is -4.08. The van der Waals surface area contributed by atoms with Crippen molar-refractivity contribution in [2.24, 2.45) is 0 Å². The molecule has 2 aromatic carbocycles. The van der Waals surface area contributed by atoms with Gasteiger partial charge in [-0.15, -0.1) is 0 Å². The van der Waals surface area contributed by atoms with Crippen LogP contribution >= 0.6 is 0 Å². The van der Waals surface area contributed by atoms with Crippen LogP contribution in [-0.2, 0) is 29.0 Å². The molecule has 1 fully saturated rings. The molecule has 2 aliphatic heterocycles. The molecule has 2 aliphatic rings. The van der Waals surface area contributed by atoms with Crippen molar-refractivity contribution in [2.45, 2.75) is 31.8 Å². The summed E-state index contributed by atoms with van der Waals surface area (Å²) < 4.78 is 24.3. The van der Waals surface area contributed by atoms with E-state index in [4.69, 9.17) is 9.47 Å². The summed E-state index contributed by atoms with van der Waals surface area (Å²) in [6, 6.07) is 7.24. The number of aromatic amines is 1. The molecule has 0 unspecified atom stereocenters. The van der Waals surface area contributed by atoms with Gasteiger partial charge in [-0.05, 0) is 53.4 Å². The van der Waals surface area contributed by atoms with Crippen LogP contribution in [0.1, 0.15) is 23.1 Å². The van der Waals surface area contributed by atoms with E-state index in [1.54, 1.807) is 31.4 Å². The highest BCUT2D eigenvalue weighted by molar-refractivity contribution is 6.05. The van der Waals surface area contributed by atoms with Gasteiger partial charge in [-0.2, -0.15) is 0 Å². The highest BCUT2D eigenvalue weighted by Crippen LogP contribution is 2.37. The molecule has 1 atom stereocenters. The summed E-state index contributed by atoms with van der Waals surface area (Å²) in [7, 11) is 3.10. The molecule has 0 aliphatic carbocycles. The number of amides is 4. The maximum atomic E-state index is 13.6. The van der Waals surface area contributed by atoms with Gasteiger partial charge in [-0.25, -0.2) is 9.18 Å². The van der Waals surface area contributed by atoms with Crippen LogP contribution in [-0.4, -0.2) is 66.0 Å². The van der Waals surface area contributed by atoms with Gasteiger partial charge in [0.15, 0.2) is 11.5 Å². The quantitative estimate of drug-likeness (QED) is 0.469. The number of carbonyl (C=O) groups excluding carboxylic acids is 3. The highest BCUT2D eigenvalue weighted by atomic mass is 19.1. The molecule has 1 aromatic heterocycles. The lowest BCUT2D eigenvalue weighted by molar-refractivity contribution is -0.129. The van der Waals surface area contributed by atoms with Crippen molar-refractivity contribution in [2.75, 3.05) is 27.3 Å². The number of halogens is 1. The first-order valence-corrected chi connectivity index (χ1v) is 11.8. The molecule has 10 heteroatoms. The van der Waals surface area contributed by atoms with Gasteiger partial charge in [0.2, 0.25) is 5.91 Å². The number of methoxy groups -OCH3 is 2. The van der Waals surface area contributed by atoms with E-state index in [1.807, 2.05) is 12.1 Å². The summed E-state index contributed by atoms with van der Waals surface area (Å²) in [4.78, 5) is 44.2. The molecule has 1 saturated heterocycles. The summed E-state index contributed by atoms with van der Waals surface area (Å²) in [6.45, 7) is 0.661. The minimum absolute atomic E-state index is 0.00907. The number of H-pyrrole nitrogens is 1. The fourth-order valence-corrected chi connectivity index (χ4v) is 4.96. The number of hydrogen-bond donors (Lipinski definition) is 2. The Labute approximate surface area is 207 Å². The zero-order valence-corrected chi connectivity index (χ0v) is 20.1. The van der Waals surface area contributed by atoms with E-state index in [1.165, 1.54) is 12.1 Å². The van der Waals surface area contributed by atoms with E-state index in [2.05, 4.69) is 10.3 Å². The third-order valence-electron chi connectivity index (χ3n) is 6.87. The van der Waals surface area contributed by atoms with Crippen molar-refractivity contribution in [3.63, 3.8) is 0 Å². The van der Waals surface area contributed by atoms with Crippen molar-refractivity contribution in [3.05, 3.63) is 59.0 Å². The molecule has 5 rings (SSSR count). The van der Waals surface area contributed by atoms with E-state index in [0.29, 0.717) is 37.4 Å². The number of nitrogens with zero attached hydrogens (tertiary/aromatic N) is 2. The zero-order chi connectivity index (χ0) is 25.4. The minimum atomic E-state index is -0.589. The predicted octanol–water partition coefficient (Wildman–Crippen LogP) is 2.76. The van der Waals surface area contributed by atoms with Crippen molar-refractivity contribution in [1.82, 2.24) is 20.1 Å². The van der Waals surface area contributed by atoms with Gasteiger partial charge >= 0.3 is 6.03 Å². The largest absolute Gasteiger partial charge is 0.493 e. The normalized spacial score (nSPS) is 16.8. The molecule has 2 N–H and O–H groups in total. The molecule has 0 spiro atoms. The SMILES string of the molecule is COc1cc2c(cc1OC)CN1C(=O)N(CCC(=O)NCCc3c[nH]c4ccc(F)cc34)C(=O)[C@H]1C2. The molecule has 0 radical (unpaired) electrons. The van der Waals surface area contributed by atoms with Crippen LogP contribution < -0.4 is 14.8 Å². The molecular weight excluding hydrogens is 467 g/mol. The third kappa shape index (κ3) is 4.23. The molecule has 188 valence electrons. The fourth-order valence-electron chi connectivity index (χ4n) is 4.96. The van der Waals surface area contributed by atoms with E-state index in [-0.39, 0.29) is 36.6 Å². The monoisotopic (exact) mass is 494 g/mol. The number of fused-ring (bicyclic) bond motifs is 3. The summed E-state index contributed by atoms with van der Waals surface area (Å²) in [5.41, 5.74) is 3.58. The summed E-state index contributed by atoms with van der Waals surface area (Å²) >= 11 is 0. The van der Waals surface area contributed by atoms with E-state index in [0.717, 1.165) is 32.5 Å². The summed E-state index contributed by atoms with van der Waals surface area (Å²) in [5.74, 6) is 0.273. The first-order chi connectivity index (χ1) is 17.4. The molecule has 3 heterocycles. The number of carbonyl (C=O) groups is 3. The van der Waals surface area contributed by atoms with Crippen LogP contribution in [0.2, 0.25) is 0 Å². The second-order valence-corrected chi connectivity index (χ2v) is 8.95. The Morgan fingerprint density at radius 1 is 1.14 bits per heavy atom. The van der Waals surface area contributed by atoms with Gasteiger partial charge in [0.25, 0.3) is 5.91 Å². The van der Waals surface area contributed by atoms with Crippen LogP contribution in [0, 0.1) is 5.82 Å². The third-order valence-corrected chi connectivity index (χ3v) is 6.87. The average molecular weight is 495 g/mol. The Morgan fingerprint density at radius 2 is 1.89 bits per heavy atom. The first-order valence-electron chi connectivity index (χ1n) is 11.8. The number of imide groups is 1. The molecule has 4 amide bonds. The first kappa shape index (κ1) is 23.7. The van der Waals surface area contributed by atoms with Crippen LogP contribution in [0.3, 0.4) is 0 Å². The van der Waals surface area contributed by atoms with Crippen LogP contribution in [0.4, 0.5) is 9.18 Å². The van der Waals surface area contributed by atoms with Crippen molar-refractivity contribution in [3.8, 4) is 11.5 Å². The summed E-state index contributed by atoms with van der Waals surface area (Å²) in [5, 5.41) is 3.60. The number of ether oxygens (including phenoxy) is 2. The maximum Gasteiger partial charge on any atom is 0.327 e. The molecule has 3 aromatic rings. The molecule has 0 bridgehead atoms. The molecule has 0 saturated carbocycles. The smallest absolute Gasteiger partial charge is 0.327 e. The van der Waals surface area contributed by atoms with Crippen LogP contribution in [0.25, 0.3) is 10.9 Å². The molecule has 36 heavy (non-hydrogen) atoms. The van der Waals surface area contributed by atoms with Gasteiger partial charge in [-0.3, -0.25) is 14.5 Å². The number of urea groups is 1. The standard InChI is InChI=1S/C26H27FN4O5/c1-35-22-10-16-9-21-25(33)30(26(34)31(21)14-17(16)11-23(22)36-2)8-6-24(32)28-7-5-15-13-29-20-4-3-18(27)12-19(15)20/h3-4,10-13,21,29H,5-9,14H2,1-2H3,(H,28,32)/t21-/m1/s1. The Kier molecular flexibility index (Phi) is 6.26. The molecular formula is C26H27FN4O5. The van der Waals surface area contributed by atoms with Crippen molar-refractivity contribution < 1.29 is 28.2 Å². The fraction of sp³-hybridized carbons (Fsp3) is 0.346.